The minimum atomic E-state index is 0.0347. The third-order valence-corrected chi connectivity index (χ3v) is 1.21. The van der Waals surface area contributed by atoms with E-state index >= 15 is 0 Å². The maximum absolute atomic E-state index is 10.1. The van der Waals surface area contributed by atoms with Crippen molar-refractivity contribution in [2.24, 2.45) is 7.05 Å². The lowest BCUT2D eigenvalue weighted by Gasteiger charge is -1.91. The molecule has 1 aromatic rings. The summed E-state index contributed by atoms with van der Waals surface area (Å²) in [4.78, 5) is 10.1. The number of carbonyl (C=O) groups excluding carboxylic acids is 1. The maximum atomic E-state index is 10.1. The summed E-state index contributed by atoms with van der Waals surface area (Å²) in [5, 5.41) is 8.88. The van der Waals surface area contributed by atoms with Crippen molar-refractivity contribution in [3.63, 3.8) is 0 Å². The van der Waals surface area contributed by atoms with Gasteiger partial charge >= 0.3 is 0 Å². The summed E-state index contributed by atoms with van der Waals surface area (Å²) in [7, 11) is 1.70. The molecular weight excluding hydrogens is 118 g/mol. The standard InChI is InChI=1S/C6H7NO2/c1-7-3-2-6(9)5(7)4-8/h2-4,9H,1H3. The first-order valence-electron chi connectivity index (χ1n) is 2.55. The van der Waals surface area contributed by atoms with Gasteiger partial charge in [0.25, 0.3) is 0 Å². The van der Waals surface area contributed by atoms with Crippen LogP contribution in [0.25, 0.3) is 0 Å². The van der Waals surface area contributed by atoms with E-state index in [0.29, 0.717) is 12.0 Å². The lowest BCUT2D eigenvalue weighted by Crippen LogP contribution is -1.91. The molecule has 1 aromatic heterocycles. The molecule has 9 heavy (non-hydrogen) atoms. The fourth-order valence-electron chi connectivity index (χ4n) is 0.672. The quantitative estimate of drug-likeness (QED) is 0.557. The minimum Gasteiger partial charge on any atom is -0.506 e. The monoisotopic (exact) mass is 125 g/mol. The molecule has 0 radical (unpaired) electrons. The van der Waals surface area contributed by atoms with Gasteiger partial charge in [-0.05, 0) is 6.07 Å². The van der Waals surface area contributed by atoms with E-state index in [1.807, 2.05) is 0 Å². The number of hydrogen-bond donors (Lipinski definition) is 1. The van der Waals surface area contributed by atoms with Crippen molar-refractivity contribution in [3.8, 4) is 5.75 Å². The molecule has 0 atom stereocenters. The predicted octanol–water partition coefficient (Wildman–Crippen LogP) is 0.543. The average molecular weight is 125 g/mol. The number of aromatic hydroxyl groups is 1. The number of hydrogen-bond acceptors (Lipinski definition) is 2. The fraction of sp³-hybridized carbons (Fsp3) is 0.167. The van der Waals surface area contributed by atoms with Gasteiger partial charge in [-0.2, -0.15) is 0 Å². The summed E-state index contributed by atoms with van der Waals surface area (Å²) in [6.07, 6.45) is 2.24. The van der Waals surface area contributed by atoms with Crippen LogP contribution in [0.4, 0.5) is 0 Å². The van der Waals surface area contributed by atoms with E-state index in [0.717, 1.165) is 0 Å². The van der Waals surface area contributed by atoms with Gasteiger partial charge in [0.2, 0.25) is 0 Å². The third-order valence-electron chi connectivity index (χ3n) is 1.21. The molecule has 0 aromatic carbocycles. The molecule has 0 aliphatic heterocycles. The number of aromatic nitrogens is 1. The van der Waals surface area contributed by atoms with Crippen LogP contribution in [0.3, 0.4) is 0 Å². The summed E-state index contributed by atoms with van der Waals surface area (Å²) < 4.78 is 1.56. The van der Waals surface area contributed by atoms with E-state index in [2.05, 4.69) is 0 Å². The topological polar surface area (TPSA) is 42.2 Å². The normalized spacial score (nSPS) is 9.44. The van der Waals surface area contributed by atoms with Crippen LogP contribution >= 0.6 is 0 Å². The van der Waals surface area contributed by atoms with Crippen LogP contribution in [-0.2, 0) is 7.05 Å². The Labute approximate surface area is 52.5 Å². The Bertz CT molecular complexity index is 207. The first kappa shape index (κ1) is 5.88. The highest BCUT2D eigenvalue weighted by Gasteiger charge is 2.00. The second-order valence-electron chi connectivity index (χ2n) is 1.81. The van der Waals surface area contributed by atoms with Gasteiger partial charge in [-0.15, -0.1) is 0 Å². The van der Waals surface area contributed by atoms with E-state index < -0.39 is 0 Å². The zero-order valence-electron chi connectivity index (χ0n) is 5.03. The molecule has 48 valence electrons. The molecule has 0 fully saturated rings. The highest BCUT2D eigenvalue weighted by molar-refractivity contribution is 5.76. The summed E-state index contributed by atoms with van der Waals surface area (Å²) in [6, 6.07) is 1.48. The molecular formula is C6H7NO2. The molecule has 3 nitrogen and oxygen atoms in total. The molecule has 1 N–H and O–H groups in total. The van der Waals surface area contributed by atoms with E-state index in [1.165, 1.54) is 6.07 Å². The van der Waals surface area contributed by atoms with Crippen LogP contribution in [0.5, 0.6) is 5.75 Å². The predicted molar refractivity (Wildman–Crippen MR) is 32.5 cm³/mol. The van der Waals surface area contributed by atoms with E-state index in [9.17, 15) is 4.79 Å². The van der Waals surface area contributed by atoms with Crippen molar-refractivity contribution in [2.75, 3.05) is 0 Å². The fourth-order valence-corrected chi connectivity index (χ4v) is 0.672. The maximum Gasteiger partial charge on any atom is 0.170 e. The van der Waals surface area contributed by atoms with Crippen LogP contribution in [0.2, 0.25) is 0 Å². The third kappa shape index (κ3) is 0.806. The SMILES string of the molecule is Cn1ccc(O)c1C=O. The van der Waals surface area contributed by atoms with Gasteiger partial charge in [-0.3, -0.25) is 4.79 Å². The number of aryl methyl sites for hydroxylation is 1. The van der Waals surface area contributed by atoms with E-state index in [-0.39, 0.29) is 5.75 Å². The zero-order chi connectivity index (χ0) is 6.85. The molecule has 0 amide bonds. The molecule has 0 aliphatic rings. The molecule has 0 saturated carbocycles. The Morgan fingerprint density at radius 3 is 2.67 bits per heavy atom. The number of carbonyl (C=O) groups is 1. The summed E-state index contributed by atoms with van der Waals surface area (Å²) in [6.45, 7) is 0. The number of rotatable bonds is 1. The lowest BCUT2D eigenvalue weighted by molar-refractivity contribution is 0.111. The van der Waals surface area contributed by atoms with E-state index in [4.69, 9.17) is 5.11 Å². The van der Waals surface area contributed by atoms with Crippen LogP contribution in [0, 0.1) is 0 Å². The van der Waals surface area contributed by atoms with Crippen molar-refractivity contribution < 1.29 is 9.90 Å². The van der Waals surface area contributed by atoms with Gasteiger partial charge in [-0.1, -0.05) is 0 Å². The lowest BCUT2D eigenvalue weighted by atomic mass is 10.4. The highest BCUT2D eigenvalue weighted by Crippen LogP contribution is 2.13. The molecule has 1 heterocycles. The number of nitrogens with zero attached hydrogens (tertiary/aromatic N) is 1. The Kier molecular flexibility index (Phi) is 1.26. The van der Waals surface area contributed by atoms with Gasteiger partial charge in [0, 0.05) is 13.2 Å². The largest absolute Gasteiger partial charge is 0.506 e. The molecule has 1 rings (SSSR count). The smallest absolute Gasteiger partial charge is 0.170 e. The second kappa shape index (κ2) is 1.93. The van der Waals surface area contributed by atoms with Gasteiger partial charge in [0.15, 0.2) is 6.29 Å². The summed E-state index contributed by atoms with van der Waals surface area (Å²) in [5.41, 5.74) is 0.315. The Morgan fingerprint density at radius 1 is 1.78 bits per heavy atom. The zero-order valence-corrected chi connectivity index (χ0v) is 5.03. The van der Waals surface area contributed by atoms with Crippen molar-refractivity contribution >= 4 is 6.29 Å². The Morgan fingerprint density at radius 2 is 2.44 bits per heavy atom. The van der Waals surface area contributed by atoms with Crippen LogP contribution in [0.1, 0.15) is 10.5 Å². The molecule has 0 saturated heterocycles. The average Bonchev–Trinajstić information content (AvgIpc) is 2.12. The van der Waals surface area contributed by atoms with Gasteiger partial charge < -0.3 is 9.67 Å². The minimum absolute atomic E-state index is 0.0347. The summed E-state index contributed by atoms with van der Waals surface area (Å²) >= 11 is 0. The molecule has 3 heteroatoms. The van der Waals surface area contributed by atoms with E-state index in [1.54, 1.807) is 17.8 Å². The Balaban J connectivity index is 3.22. The second-order valence-corrected chi connectivity index (χ2v) is 1.81. The van der Waals surface area contributed by atoms with Gasteiger partial charge in [0.05, 0.1) is 0 Å². The first-order valence-corrected chi connectivity index (χ1v) is 2.55. The van der Waals surface area contributed by atoms with Crippen molar-refractivity contribution in [1.29, 1.82) is 0 Å². The van der Waals surface area contributed by atoms with Crippen molar-refractivity contribution in [3.05, 3.63) is 18.0 Å². The number of aldehydes is 1. The van der Waals surface area contributed by atoms with Crippen LogP contribution in [-0.4, -0.2) is 16.0 Å². The van der Waals surface area contributed by atoms with Gasteiger partial charge in [-0.25, -0.2) is 0 Å². The Hall–Kier alpha value is -1.25. The molecule has 0 unspecified atom stereocenters. The van der Waals surface area contributed by atoms with Gasteiger partial charge in [0.1, 0.15) is 11.4 Å². The molecule has 0 bridgehead atoms. The van der Waals surface area contributed by atoms with Crippen LogP contribution < -0.4 is 0 Å². The summed E-state index contributed by atoms with van der Waals surface area (Å²) in [5.74, 6) is 0.0347. The molecule has 0 aliphatic carbocycles. The van der Waals surface area contributed by atoms with Crippen LogP contribution in [0.15, 0.2) is 12.3 Å². The van der Waals surface area contributed by atoms with Crippen molar-refractivity contribution in [1.82, 2.24) is 4.57 Å². The highest BCUT2D eigenvalue weighted by atomic mass is 16.3. The first-order chi connectivity index (χ1) is 4.25. The van der Waals surface area contributed by atoms with Crippen molar-refractivity contribution in [2.45, 2.75) is 0 Å². The molecule has 0 spiro atoms.